The number of amides is 1. The molecule has 162 valence electrons. The highest BCUT2D eigenvalue weighted by molar-refractivity contribution is 6.10. The molecule has 0 atom stereocenters. The van der Waals surface area contributed by atoms with Crippen LogP contribution in [0, 0.1) is 0 Å². The number of ketones is 1. The average molecular weight is 428 g/mol. The summed E-state index contributed by atoms with van der Waals surface area (Å²) in [6.45, 7) is 6.61. The van der Waals surface area contributed by atoms with Crippen molar-refractivity contribution in [1.29, 1.82) is 0 Å². The van der Waals surface area contributed by atoms with Crippen molar-refractivity contribution in [3.63, 3.8) is 0 Å². The molecule has 0 spiro atoms. The van der Waals surface area contributed by atoms with E-state index in [4.69, 9.17) is 9.47 Å². The minimum atomic E-state index is -0.290. The fourth-order valence-electron chi connectivity index (χ4n) is 3.40. The van der Waals surface area contributed by atoms with Crippen LogP contribution in [0.4, 0.5) is 5.69 Å². The Morgan fingerprint density at radius 2 is 1.62 bits per heavy atom. The maximum Gasteiger partial charge on any atom is 0.248 e. The lowest BCUT2D eigenvalue weighted by Crippen LogP contribution is -2.11. The van der Waals surface area contributed by atoms with E-state index in [1.807, 2.05) is 42.5 Å². The van der Waals surface area contributed by atoms with Gasteiger partial charge in [-0.25, -0.2) is 0 Å². The van der Waals surface area contributed by atoms with Gasteiger partial charge in [0.15, 0.2) is 17.3 Å². The molecule has 3 aromatic carbocycles. The third kappa shape index (κ3) is 4.89. The summed E-state index contributed by atoms with van der Waals surface area (Å²) in [4.78, 5) is 25.3. The van der Waals surface area contributed by atoms with E-state index >= 15 is 0 Å². The van der Waals surface area contributed by atoms with Gasteiger partial charge in [-0.1, -0.05) is 63.2 Å². The summed E-state index contributed by atoms with van der Waals surface area (Å²) in [6, 6.07) is 20.1. The number of carbonyl (C=O) groups is 2. The van der Waals surface area contributed by atoms with Gasteiger partial charge in [0.1, 0.15) is 0 Å². The Hall–Kier alpha value is -3.86. The van der Waals surface area contributed by atoms with E-state index < -0.39 is 0 Å². The molecule has 0 saturated heterocycles. The minimum Gasteiger partial charge on any atom is -0.454 e. The molecule has 1 heterocycles. The Morgan fingerprint density at radius 1 is 0.875 bits per heavy atom. The molecular formula is C27H25NO4. The first-order valence-electron chi connectivity index (χ1n) is 10.4. The number of fused-ring (bicyclic) bond motifs is 1. The predicted octanol–water partition coefficient (Wildman–Crippen LogP) is 5.60. The molecule has 0 unspecified atom stereocenters. The van der Waals surface area contributed by atoms with E-state index in [1.54, 1.807) is 30.3 Å². The van der Waals surface area contributed by atoms with Crippen LogP contribution in [0.3, 0.4) is 0 Å². The molecule has 5 heteroatoms. The first-order chi connectivity index (χ1) is 15.3. The monoisotopic (exact) mass is 427 g/mol. The van der Waals surface area contributed by atoms with Gasteiger partial charge in [0.2, 0.25) is 12.7 Å². The first-order valence-corrected chi connectivity index (χ1v) is 10.4. The van der Waals surface area contributed by atoms with Gasteiger partial charge >= 0.3 is 0 Å². The molecule has 3 aromatic rings. The lowest BCUT2D eigenvalue weighted by molar-refractivity contribution is -0.111. The fraction of sp³-hybridized carbons (Fsp3) is 0.185. The number of ether oxygens (including phenoxy) is 2. The second kappa shape index (κ2) is 8.71. The quantitative estimate of drug-likeness (QED) is 0.425. The van der Waals surface area contributed by atoms with Gasteiger partial charge in [0, 0.05) is 22.9 Å². The summed E-state index contributed by atoms with van der Waals surface area (Å²) < 4.78 is 10.6. The number of anilines is 1. The molecule has 0 bridgehead atoms. The topological polar surface area (TPSA) is 64.6 Å². The number of hydrogen-bond acceptors (Lipinski definition) is 4. The maximum absolute atomic E-state index is 12.9. The molecule has 0 saturated carbocycles. The molecule has 0 fully saturated rings. The molecule has 5 nitrogen and oxygen atoms in total. The van der Waals surface area contributed by atoms with Gasteiger partial charge in [-0.15, -0.1) is 0 Å². The molecule has 1 N–H and O–H groups in total. The predicted molar refractivity (Wildman–Crippen MR) is 125 cm³/mol. The Kier molecular flexibility index (Phi) is 5.82. The molecule has 0 aromatic heterocycles. The van der Waals surface area contributed by atoms with Gasteiger partial charge in [-0.2, -0.15) is 0 Å². The maximum atomic E-state index is 12.9. The van der Waals surface area contributed by atoms with Gasteiger partial charge in [-0.3, -0.25) is 9.59 Å². The normalized spacial score (nSPS) is 12.7. The number of rotatable bonds is 5. The summed E-state index contributed by atoms with van der Waals surface area (Å²) in [5.74, 6) is 0.981. The van der Waals surface area contributed by atoms with Gasteiger partial charge in [0.25, 0.3) is 0 Å². The van der Waals surface area contributed by atoms with Crippen LogP contribution in [0.2, 0.25) is 0 Å². The zero-order chi connectivity index (χ0) is 22.7. The average Bonchev–Trinajstić information content (AvgIpc) is 3.25. The van der Waals surface area contributed by atoms with E-state index in [1.165, 1.54) is 11.6 Å². The smallest absolute Gasteiger partial charge is 0.248 e. The second-order valence-electron chi connectivity index (χ2n) is 8.67. The lowest BCUT2D eigenvalue weighted by Gasteiger charge is -2.19. The summed E-state index contributed by atoms with van der Waals surface area (Å²) in [6.07, 6.45) is 3.14. The van der Waals surface area contributed by atoms with Gasteiger partial charge in [-0.05, 0) is 46.9 Å². The molecule has 1 amide bonds. The van der Waals surface area contributed by atoms with Crippen molar-refractivity contribution in [2.24, 2.45) is 0 Å². The van der Waals surface area contributed by atoms with Crippen LogP contribution in [-0.4, -0.2) is 18.5 Å². The second-order valence-corrected chi connectivity index (χ2v) is 8.67. The van der Waals surface area contributed by atoms with Crippen LogP contribution < -0.4 is 14.8 Å². The zero-order valence-electron chi connectivity index (χ0n) is 18.3. The SMILES string of the molecule is CC(C)(C)c1ccc(C(=O)c2cccc(NC(=O)/C=C/c3ccc4c(c3)OCO4)c2)cc1. The summed E-state index contributed by atoms with van der Waals surface area (Å²) in [5, 5.41) is 2.81. The highest BCUT2D eigenvalue weighted by atomic mass is 16.7. The first kappa shape index (κ1) is 21.4. The molecule has 0 radical (unpaired) electrons. The molecule has 1 aliphatic rings. The van der Waals surface area contributed by atoms with Crippen LogP contribution in [0.1, 0.15) is 47.8 Å². The molecule has 1 aliphatic heterocycles. The van der Waals surface area contributed by atoms with Crippen LogP contribution in [-0.2, 0) is 10.2 Å². The van der Waals surface area contributed by atoms with Crippen molar-refractivity contribution < 1.29 is 19.1 Å². The molecule has 4 rings (SSSR count). The Bertz CT molecular complexity index is 1190. The van der Waals surface area contributed by atoms with E-state index in [2.05, 4.69) is 26.1 Å². The van der Waals surface area contributed by atoms with Crippen LogP contribution >= 0.6 is 0 Å². The summed E-state index contributed by atoms with van der Waals surface area (Å²) in [7, 11) is 0. The van der Waals surface area contributed by atoms with Crippen molar-refractivity contribution in [2.75, 3.05) is 12.1 Å². The van der Waals surface area contributed by atoms with Crippen molar-refractivity contribution in [3.05, 3.63) is 95.1 Å². The van der Waals surface area contributed by atoms with E-state index in [0.717, 1.165) is 5.56 Å². The summed E-state index contributed by atoms with van der Waals surface area (Å²) >= 11 is 0. The zero-order valence-corrected chi connectivity index (χ0v) is 18.3. The Labute approximate surface area is 187 Å². The fourth-order valence-corrected chi connectivity index (χ4v) is 3.40. The standard InChI is InChI=1S/C27H25NO4/c1-27(2,3)21-11-9-19(10-12-21)26(30)20-5-4-6-22(16-20)28-25(29)14-8-18-7-13-23-24(15-18)32-17-31-23/h4-16H,17H2,1-3H3,(H,28,29)/b14-8+. The third-order valence-corrected chi connectivity index (χ3v) is 5.23. The largest absolute Gasteiger partial charge is 0.454 e. The number of hydrogen-bond donors (Lipinski definition) is 1. The van der Waals surface area contributed by atoms with Crippen molar-refractivity contribution in [2.45, 2.75) is 26.2 Å². The highest BCUT2D eigenvalue weighted by Crippen LogP contribution is 2.32. The van der Waals surface area contributed by atoms with Crippen LogP contribution in [0.25, 0.3) is 6.08 Å². The molecule has 32 heavy (non-hydrogen) atoms. The van der Waals surface area contributed by atoms with Crippen molar-refractivity contribution in [1.82, 2.24) is 0 Å². The van der Waals surface area contributed by atoms with E-state index in [-0.39, 0.29) is 23.9 Å². The van der Waals surface area contributed by atoms with Crippen molar-refractivity contribution >= 4 is 23.5 Å². The van der Waals surface area contributed by atoms with Crippen LogP contribution in [0.15, 0.2) is 72.8 Å². The van der Waals surface area contributed by atoms with Crippen molar-refractivity contribution in [3.8, 4) is 11.5 Å². The number of nitrogens with one attached hydrogen (secondary N) is 1. The Morgan fingerprint density at radius 3 is 2.38 bits per heavy atom. The lowest BCUT2D eigenvalue weighted by atomic mass is 9.86. The number of carbonyl (C=O) groups excluding carboxylic acids is 2. The number of benzene rings is 3. The summed E-state index contributed by atoms with van der Waals surface area (Å²) in [5.41, 5.74) is 3.72. The van der Waals surface area contributed by atoms with E-state index in [9.17, 15) is 9.59 Å². The van der Waals surface area contributed by atoms with Gasteiger partial charge in [0.05, 0.1) is 0 Å². The molecular weight excluding hydrogens is 402 g/mol. The van der Waals surface area contributed by atoms with Crippen LogP contribution in [0.5, 0.6) is 11.5 Å². The van der Waals surface area contributed by atoms with Gasteiger partial charge < -0.3 is 14.8 Å². The highest BCUT2D eigenvalue weighted by Gasteiger charge is 2.16. The Balaban J connectivity index is 1.43. The third-order valence-electron chi connectivity index (χ3n) is 5.23. The minimum absolute atomic E-state index is 0.0277. The molecule has 0 aliphatic carbocycles. The van der Waals surface area contributed by atoms with E-state index in [0.29, 0.717) is 28.3 Å².